The van der Waals surface area contributed by atoms with E-state index in [4.69, 9.17) is 4.74 Å². The molecule has 1 aliphatic heterocycles. The molecule has 3 atom stereocenters. The quantitative estimate of drug-likeness (QED) is 0.914. The van der Waals surface area contributed by atoms with Crippen LogP contribution in [0.5, 0.6) is 0 Å². The Hall–Kier alpha value is 0.1000. The van der Waals surface area contributed by atoms with Crippen molar-refractivity contribution in [1.82, 2.24) is 5.32 Å². The van der Waals surface area contributed by atoms with Gasteiger partial charge in [-0.05, 0) is 54.1 Å². The lowest BCUT2D eigenvalue weighted by atomic mass is 10.1. The van der Waals surface area contributed by atoms with Crippen molar-refractivity contribution >= 4 is 27.3 Å². The average molecular weight is 316 g/mol. The second-order valence-electron chi connectivity index (χ2n) is 5.12. The van der Waals surface area contributed by atoms with Crippen LogP contribution in [0, 0.1) is 5.92 Å². The van der Waals surface area contributed by atoms with Gasteiger partial charge in [-0.25, -0.2) is 0 Å². The van der Waals surface area contributed by atoms with Gasteiger partial charge in [-0.1, -0.05) is 0 Å². The molecule has 1 saturated carbocycles. The Morgan fingerprint density at radius 3 is 2.94 bits per heavy atom. The molecule has 2 aliphatic rings. The van der Waals surface area contributed by atoms with Crippen LogP contribution in [0.2, 0.25) is 0 Å². The molecule has 1 saturated heterocycles. The molecule has 17 heavy (non-hydrogen) atoms. The molecule has 0 spiro atoms. The van der Waals surface area contributed by atoms with Crippen molar-refractivity contribution in [1.29, 1.82) is 0 Å². The molecular formula is C13H18BrNOS. The van der Waals surface area contributed by atoms with E-state index < -0.39 is 0 Å². The molecule has 2 nitrogen and oxygen atoms in total. The van der Waals surface area contributed by atoms with E-state index in [1.54, 1.807) is 0 Å². The summed E-state index contributed by atoms with van der Waals surface area (Å²) in [6, 6.07) is 3.20. The third-order valence-electron chi connectivity index (χ3n) is 3.70. The third-order valence-corrected chi connectivity index (χ3v) is 5.58. The summed E-state index contributed by atoms with van der Waals surface area (Å²) >= 11 is 5.33. The van der Waals surface area contributed by atoms with E-state index in [-0.39, 0.29) is 0 Å². The molecule has 0 amide bonds. The van der Waals surface area contributed by atoms with Crippen molar-refractivity contribution in [2.45, 2.75) is 44.4 Å². The molecule has 4 heteroatoms. The summed E-state index contributed by atoms with van der Waals surface area (Å²) < 4.78 is 7.05. The molecule has 1 aromatic rings. The van der Waals surface area contributed by atoms with Gasteiger partial charge in [0.1, 0.15) is 0 Å². The van der Waals surface area contributed by atoms with Crippen molar-refractivity contribution in [2.24, 2.45) is 5.92 Å². The molecular weight excluding hydrogens is 298 g/mol. The maximum absolute atomic E-state index is 5.86. The van der Waals surface area contributed by atoms with E-state index >= 15 is 0 Å². The Morgan fingerprint density at radius 2 is 2.29 bits per heavy atom. The van der Waals surface area contributed by atoms with Crippen molar-refractivity contribution in [3.63, 3.8) is 0 Å². The van der Waals surface area contributed by atoms with Crippen LogP contribution < -0.4 is 5.32 Å². The average Bonchev–Trinajstić information content (AvgIpc) is 2.89. The fourth-order valence-electron chi connectivity index (χ4n) is 2.64. The molecule has 94 valence electrons. The van der Waals surface area contributed by atoms with Gasteiger partial charge in [0.25, 0.3) is 0 Å². The molecule has 3 unspecified atom stereocenters. The van der Waals surface area contributed by atoms with Gasteiger partial charge < -0.3 is 10.1 Å². The van der Waals surface area contributed by atoms with Crippen LogP contribution >= 0.6 is 27.3 Å². The predicted octanol–water partition coefficient (Wildman–Crippen LogP) is 3.73. The smallest absolute Gasteiger partial charge is 0.0757 e. The van der Waals surface area contributed by atoms with Gasteiger partial charge in [-0.2, -0.15) is 0 Å². The van der Waals surface area contributed by atoms with E-state index in [1.165, 1.54) is 22.2 Å². The normalized spacial score (nSPS) is 30.7. The third kappa shape index (κ3) is 2.75. The number of ether oxygens (including phenoxy) is 1. The van der Waals surface area contributed by atoms with Crippen LogP contribution in [0.15, 0.2) is 15.9 Å². The summed E-state index contributed by atoms with van der Waals surface area (Å²) in [6.45, 7) is 3.18. The van der Waals surface area contributed by atoms with Crippen molar-refractivity contribution in [3.8, 4) is 0 Å². The number of halogens is 1. The lowest BCUT2D eigenvalue weighted by molar-refractivity contribution is 0.0793. The molecule has 1 aromatic heterocycles. The molecule has 2 fully saturated rings. The minimum atomic E-state index is 0.430. The maximum atomic E-state index is 5.86. The molecule has 2 heterocycles. The monoisotopic (exact) mass is 315 g/mol. The fraction of sp³-hybridized carbons (Fsp3) is 0.692. The summed E-state index contributed by atoms with van der Waals surface area (Å²) in [7, 11) is 0. The Bertz CT molecular complexity index is 391. The number of nitrogens with one attached hydrogen (secondary N) is 1. The van der Waals surface area contributed by atoms with Crippen LogP contribution in [0.25, 0.3) is 0 Å². The van der Waals surface area contributed by atoms with Crippen LogP contribution in [0.3, 0.4) is 0 Å². The van der Waals surface area contributed by atoms with Gasteiger partial charge in [0.05, 0.1) is 6.10 Å². The highest BCUT2D eigenvalue weighted by molar-refractivity contribution is 9.10. The van der Waals surface area contributed by atoms with E-state index in [2.05, 4.69) is 39.6 Å². The lowest BCUT2D eigenvalue weighted by Crippen LogP contribution is -2.38. The van der Waals surface area contributed by atoms with Crippen LogP contribution in [-0.4, -0.2) is 18.8 Å². The van der Waals surface area contributed by atoms with E-state index in [1.807, 2.05) is 11.3 Å². The van der Waals surface area contributed by atoms with E-state index in [0.29, 0.717) is 18.2 Å². The van der Waals surface area contributed by atoms with Gasteiger partial charge in [0.2, 0.25) is 0 Å². The first-order chi connectivity index (χ1) is 8.24. The predicted molar refractivity (Wildman–Crippen MR) is 74.4 cm³/mol. The first kappa shape index (κ1) is 12.2. The van der Waals surface area contributed by atoms with Gasteiger partial charge in [0.15, 0.2) is 0 Å². The molecule has 0 aromatic carbocycles. The van der Waals surface area contributed by atoms with E-state index in [0.717, 1.165) is 18.9 Å². The molecule has 0 bridgehead atoms. The second-order valence-corrected chi connectivity index (χ2v) is 6.98. The summed E-state index contributed by atoms with van der Waals surface area (Å²) in [5, 5.41) is 5.89. The number of hydrogen-bond donors (Lipinski definition) is 1. The van der Waals surface area contributed by atoms with Crippen molar-refractivity contribution in [2.75, 3.05) is 6.61 Å². The van der Waals surface area contributed by atoms with Crippen LogP contribution in [0.4, 0.5) is 0 Å². The Balaban J connectivity index is 1.62. The summed E-state index contributed by atoms with van der Waals surface area (Å²) in [5.41, 5.74) is 0. The molecule has 1 N–H and O–H groups in total. The minimum Gasteiger partial charge on any atom is -0.376 e. The SMILES string of the molecule is CC(NC1CCOC1C1CC1)c1cc(Br)cs1. The maximum Gasteiger partial charge on any atom is 0.0757 e. The number of rotatable bonds is 4. The van der Waals surface area contributed by atoms with Crippen molar-refractivity contribution in [3.05, 3.63) is 20.8 Å². The first-order valence-corrected chi connectivity index (χ1v) is 8.03. The largest absolute Gasteiger partial charge is 0.376 e. The zero-order chi connectivity index (χ0) is 11.8. The minimum absolute atomic E-state index is 0.430. The highest BCUT2D eigenvalue weighted by Gasteiger charge is 2.40. The van der Waals surface area contributed by atoms with Gasteiger partial charge >= 0.3 is 0 Å². The zero-order valence-corrected chi connectivity index (χ0v) is 12.4. The highest BCUT2D eigenvalue weighted by Crippen LogP contribution is 2.39. The Labute approximate surface area is 115 Å². The first-order valence-electron chi connectivity index (χ1n) is 6.35. The molecule has 1 aliphatic carbocycles. The summed E-state index contributed by atoms with van der Waals surface area (Å²) in [6.07, 6.45) is 4.36. The van der Waals surface area contributed by atoms with Crippen LogP contribution in [0.1, 0.15) is 37.1 Å². The highest BCUT2D eigenvalue weighted by atomic mass is 79.9. The lowest BCUT2D eigenvalue weighted by Gasteiger charge is -2.23. The summed E-state index contributed by atoms with van der Waals surface area (Å²) in [5.74, 6) is 0.831. The number of hydrogen-bond acceptors (Lipinski definition) is 3. The second kappa shape index (κ2) is 5.00. The number of thiophene rings is 1. The van der Waals surface area contributed by atoms with Gasteiger partial charge in [-0.3, -0.25) is 0 Å². The van der Waals surface area contributed by atoms with Crippen molar-refractivity contribution < 1.29 is 4.74 Å². The standard InChI is InChI=1S/C13H18BrNOS/c1-8(12-6-10(14)7-17-12)15-11-4-5-16-13(11)9-2-3-9/h6-9,11,13,15H,2-5H2,1H3. The van der Waals surface area contributed by atoms with Crippen LogP contribution in [-0.2, 0) is 4.74 Å². The van der Waals surface area contributed by atoms with Gasteiger partial charge in [-0.15, -0.1) is 11.3 Å². The zero-order valence-electron chi connectivity index (χ0n) is 9.99. The van der Waals surface area contributed by atoms with E-state index in [9.17, 15) is 0 Å². The Morgan fingerprint density at radius 1 is 1.47 bits per heavy atom. The Kier molecular flexibility index (Phi) is 3.57. The molecule has 0 radical (unpaired) electrons. The fourth-order valence-corrected chi connectivity index (χ4v) is 4.10. The topological polar surface area (TPSA) is 21.3 Å². The summed E-state index contributed by atoms with van der Waals surface area (Å²) in [4.78, 5) is 1.40. The van der Waals surface area contributed by atoms with Gasteiger partial charge in [0, 0.05) is 33.4 Å². The molecule has 3 rings (SSSR count).